The van der Waals surface area contributed by atoms with Crippen LogP contribution in [0, 0.1) is 0 Å². The van der Waals surface area contributed by atoms with Crippen molar-refractivity contribution in [3.63, 3.8) is 0 Å². The molecule has 1 unspecified atom stereocenters. The highest BCUT2D eigenvalue weighted by Gasteiger charge is 2.53. The number of carbonyl (C=O) groups is 1. The van der Waals surface area contributed by atoms with Crippen molar-refractivity contribution in [2.45, 2.75) is 32.0 Å². The number of ether oxygens (including phenoxy) is 2. The van der Waals surface area contributed by atoms with Crippen LogP contribution in [-0.4, -0.2) is 35.7 Å². The highest BCUT2D eigenvalue weighted by Crippen LogP contribution is 2.38. The van der Waals surface area contributed by atoms with Gasteiger partial charge in [0.1, 0.15) is 0 Å². The van der Waals surface area contributed by atoms with Crippen LogP contribution < -0.4 is 0 Å². The van der Waals surface area contributed by atoms with Gasteiger partial charge in [0.2, 0.25) is 0 Å². The lowest BCUT2D eigenvalue weighted by atomic mass is 10.2. The average molecular weight is 275 g/mol. The molecule has 2 aliphatic rings. The molecule has 6 nitrogen and oxygen atoms in total. The second-order valence-electron chi connectivity index (χ2n) is 5.32. The van der Waals surface area contributed by atoms with E-state index in [1.165, 1.54) is 4.90 Å². The lowest BCUT2D eigenvalue weighted by Crippen LogP contribution is -2.57. The third kappa shape index (κ3) is 2.21. The number of hydrogen-bond donors (Lipinski definition) is 0. The van der Waals surface area contributed by atoms with E-state index in [0.717, 1.165) is 6.42 Å². The summed E-state index contributed by atoms with van der Waals surface area (Å²) < 4.78 is 11.4. The summed E-state index contributed by atoms with van der Waals surface area (Å²) in [6, 6.07) is 7.64. The fraction of sp³-hybridized carbons (Fsp3) is 0.500. The predicted molar refractivity (Wildman–Crippen MR) is 70.8 cm³/mol. The van der Waals surface area contributed by atoms with Crippen LogP contribution in [0.4, 0.5) is 0 Å². The zero-order valence-electron chi connectivity index (χ0n) is 11.6. The number of rotatable bonds is 1. The Balaban J connectivity index is 1.91. The molecule has 0 N–H and O–H groups in total. The van der Waals surface area contributed by atoms with Crippen LogP contribution in [-0.2, 0) is 9.47 Å². The smallest absolute Gasteiger partial charge is 0.312 e. The lowest BCUT2D eigenvalue weighted by Gasteiger charge is -2.40. The average Bonchev–Trinajstić information content (AvgIpc) is 2.75. The van der Waals surface area contributed by atoms with E-state index in [4.69, 9.17) is 9.47 Å². The summed E-state index contributed by atoms with van der Waals surface area (Å²) in [5, 5.41) is 8.15. The molecule has 1 saturated heterocycles. The van der Waals surface area contributed by atoms with Gasteiger partial charge >= 0.3 is 6.03 Å². The summed E-state index contributed by atoms with van der Waals surface area (Å²) >= 11 is 0. The molecule has 106 valence electrons. The fourth-order valence-corrected chi connectivity index (χ4v) is 2.33. The Kier molecular flexibility index (Phi) is 3.07. The molecule has 0 aromatic heterocycles. The first-order valence-corrected chi connectivity index (χ1v) is 6.68. The third-order valence-corrected chi connectivity index (χ3v) is 3.22. The second kappa shape index (κ2) is 4.64. The van der Waals surface area contributed by atoms with E-state index in [-0.39, 0.29) is 5.91 Å². The van der Waals surface area contributed by atoms with Gasteiger partial charge in [0.25, 0.3) is 5.91 Å². The number of benzene rings is 1. The van der Waals surface area contributed by atoms with Gasteiger partial charge < -0.3 is 4.74 Å². The van der Waals surface area contributed by atoms with E-state index in [0.29, 0.717) is 18.7 Å². The van der Waals surface area contributed by atoms with E-state index in [9.17, 15) is 4.79 Å². The summed E-state index contributed by atoms with van der Waals surface area (Å²) in [7, 11) is 0. The molecule has 0 saturated carbocycles. The Morgan fingerprint density at radius 1 is 1.25 bits per heavy atom. The zero-order valence-corrected chi connectivity index (χ0v) is 11.6. The molecule has 0 radical (unpaired) electrons. The van der Waals surface area contributed by atoms with Crippen molar-refractivity contribution in [1.29, 1.82) is 0 Å². The van der Waals surface area contributed by atoms with Gasteiger partial charge in [-0.25, -0.2) is 0 Å². The van der Waals surface area contributed by atoms with E-state index < -0.39 is 11.8 Å². The Morgan fingerprint density at radius 2 is 2.00 bits per heavy atom. The molecule has 1 aromatic rings. The van der Waals surface area contributed by atoms with Gasteiger partial charge in [0, 0.05) is 12.1 Å². The van der Waals surface area contributed by atoms with Gasteiger partial charge in [-0.05, 0) is 32.4 Å². The first kappa shape index (κ1) is 13.2. The summed E-state index contributed by atoms with van der Waals surface area (Å²) in [5.41, 5.74) is -0.201. The monoisotopic (exact) mass is 275 g/mol. The minimum absolute atomic E-state index is 0.165. The Hall–Kier alpha value is -1.79. The zero-order chi connectivity index (χ0) is 14.2. The molecule has 2 aliphatic heterocycles. The lowest BCUT2D eigenvalue weighted by molar-refractivity contribution is -0.326. The second-order valence-corrected chi connectivity index (χ2v) is 5.32. The molecule has 0 bridgehead atoms. The Bertz CT molecular complexity index is 544. The van der Waals surface area contributed by atoms with Crippen LogP contribution in [0.5, 0.6) is 0 Å². The molecule has 1 atom stereocenters. The number of hydrogen-bond acceptors (Lipinski definition) is 5. The summed E-state index contributed by atoms with van der Waals surface area (Å²) in [4.78, 5) is 14.1. The maximum atomic E-state index is 12.6. The van der Waals surface area contributed by atoms with Crippen molar-refractivity contribution in [2.75, 3.05) is 13.2 Å². The number of azo groups is 1. The third-order valence-electron chi connectivity index (χ3n) is 3.22. The largest absolute Gasteiger partial charge is 0.383 e. The van der Waals surface area contributed by atoms with Crippen molar-refractivity contribution < 1.29 is 14.3 Å². The van der Waals surface area contributed by atoms with Crippen LogP contribution >= 0.6 is 0 Å². The van der Waals surface area contributed by atoms with Crippen LogP contribution in [0.1, 0.15) is 30.6 Å². The molecule has 3 rings (SSSR count). The number of carbonyl (C=O) groups excluding carboxylic acids is 1. The van der Waals surface area contributed by atoms with Crippen molar-refractivity contribution in [3.05, 3.63) is 35.9 Å². The SMILES string of the molecule is CC1(C)N=NC2(OCCCN2C(=O)c2ccccc2)O1. The molecular weight excluding hydrogens is 258 g/mol. The van der Waals surface area contributed by atoms with Gasteiger partial charge in [-0.15, -0.1) is 5.11 Å². The highest BCUT2D eigenvalue weighted by atomic mass is 16.8. The summed E-state index contributed by atoms with van der Waals surface area (Å²) in [5.74, 6) is -0.165. The molecule has 1 spiro atoms. The van der Waals surface area contributed by atoms with Gasteiger partial charge in [-0.2, -0.15) is 5.11 Å². The van der Waals surface area contributed by atoms with Crippen molar-refractivity contribution in [2.24, 2.45) is 10.2 Å². The molecule has 20 heavy (non-hydrogen) atoms. The van der Waals surface area contributed by atoms with Crippen molar-refractivity contribution >= 4 is 5.91 Å². The Morgan fingerprint density at radius 3 is 2.65 bits per heavy atom. The minimum Gasteiger partial charge on any atom is -0.312 e. The van der Waals surface area contributed by atoms with Crippen molar-refractivity contribution in [3.8, 4) is 0 Å². The standard InChI is InChI=1S/C14H17N3O3/c1-13(2)15-16-14(20-13)17(9-6-10-19-14)12(18)11-7-4-3-5-8-11/h3-5,7-8H,6,9-10H2,1-2H3. The molecule has 6 heteroatoms. The van der Waals surface area contributed by atoms with E-state index in [1.54, 1.807) is 26.0 Å². The normalized spacial score (nSPS) is 28.0. The molecule has 1 fully saturated rings. The fourth-order valence-electron chi connectivity index (χ4n) is 2.33. The van der Waals surface area contributed by atoms with Crippen LogP contribution in [0.25, 0.3) is 0 Å². The van der Waals surface area contributed by atoms with Gasteiger partial charge in [0.15, 0.2) is 5.72 Å². The topological polar surface area (TPSA) is 63.5 Å². The van der Waals surface area contributed by atoms with Crippen LogP contribution in [0.3, 0.4) is 0 Å². The maximum absolute atomic E-state index is 12.6. The van der Waals surface area contributed by atoms with Gasteiger partial charge in [-0.1, -0.05) is 18.2 Å². The first-order valence-electron chi connectivity index (χ1n) is 6.68. The Labute approximate surface area is 117 Å². The predicted octanol–water partition coefficient (Wildman–Crippen LogP) is 2.38. The molecular formula is C14H17N3O3. The van der Waals surface area contributed by atoms with E-state index >= 15 is 0 Å². The quantitative estimate of drug-likeness (QED) is 0.790. The highest BCUT2D eigenvalue weighted by molar-refractivity contribution is 5.94. The first-order chi connectivity index (χ1) is 9.53. The number of amides is 1. The molecule has 2 heterocycles. The van der Waals surface area contributed by atoms with Crippen LogP contribution in [0.15, 0.2) is 40.6 Å². The molecule has 0 aliphatic carbocycles. The van der Waals surface area contributed by atoms with Crippen molar-refractivity contribution in [1.82, 2.24) is 4.90 Å². The minimum atomic E-state index is -1.41. The molecule has 1 aromatic carbocycles. The van der Waals surface area contributed by atoms with Gasteiger partial charge in [-0.3, -0.25) is 14.4 Å². The molecule has 1 amide bonds. The summed E-state index contributed by atoms with van der Waals surface area (Å²) in [6.45, 7) is 4.60. The van der Waals surface area contributed by atoms with E-state index in [2.05, 4.69) is 10.2 Å². The maximum Gasteiger partial charge on any atom is 0.383 e. The van der Waals surface area contributed by atoms with E-state index in [1.807, 2.05) is 18.2 Å². The number of nitrogens with zero attached hydrogens (tertiary/aromatic N) is 3. The van der Waals surface area contributed by atoms with Crippen LogP contribution in [0.2, 0.25) is 0 Å². The summed E-state index contributed by atoms with van der Waals surface area (Å²) in [6.07, 6.45) is 0.750. The van der Waals surface area contributed by atoms with Gasteiger partial charge in [0.05, 0.1) is 6.61 Å².